The van der Waals surface area contributed by atoms with E-state index in [1.54, 1.807) is 12.1 Å². The number of ether oxygens (including phenoxy) is 1. The van der Waals surface area contributed by atoms with Gasteiger partial charge in [-0.25, -0.2) is 22.3 Å². The van der Waals surface area contributed by atoms with Gasteiger partial charge in [-0.3, -0.25) is 4.79 Å². The van der Waals surface area contributed by atoms with Crippen molar-refractivity contribution in [3.8, 4) is 0 Å². The van der Waals surface area contributed by atoms with Crippen LogP contribution in [-0.4, -0.2) is 40.0 Å². The normalized spacial score (nSPS) is 12.2. The number of hydrogen-bond acceptors (Lipinski definition) is 5. The van der Waals surface area contributed by atoms with Crippen LogP contribution in [0, 0.1) is 5.82 Å². The lowest BCUT2D eigenvalue weighted by molar-refractivity contribution is -0.129. The highest BCUT2D eigenvalue weighted by molar-refractivity contribution is 7.89. The minimum Gasteiger partial charge on any atom is -0.449 e. The predicted octanol–water partition coefficient (Wildman–Crippen LogP) is 1.64. The molecular weight excluding hydrogens is 387 g/mol. The first-order valence-corrected chi connectivity index (χ1v) is 9.98. The molecule has 0 bridgehead atoms. The largest absolute Gasteiger partial charge is 0.449 e. The maximum Gasteiger partial charge on any atom is 0.338 e. The topological polar surface area (TPSA) is 102 Å². The molecule has 0 radical (unpaired) electrons. The Morgan fingerprint density at radius 2 is 1.82 bits per heavy atom. The van der Waals surface area contributed by atoms with Crippen LogP contribution in [0.4, 0.5) is 4.39 Å². The van der Waals surface area contributed by atoms with Crippen molar-refractivity contribution < 1.29 is 27.1 Å². The summed E-state index contributed by atoms with van der Waals surface area (Å²) in [6.07, 6.45) is -0.568. The molecule has 9 heteroatoms. The minimum absolute atomic E-state index is 0.0160. The second kappa shape index (κ2) is 9.43. The van der Waals surface area contributed by atoms with E-state index in [0.717, 1.165) is 5.56 Å². The summed E-state index contributed by atoms with van der Waals surface area (Å²) in [4.78, 5) is 24.2. The molecule has 0 aliphatic carbocycles. The molecule has 2 rings (SSSR count). The summed E-state index contributed by atoms with van der Waals surface area (Å²) < 4.78 is 43.7. The molecule has 28 heavy (non-hydrogen) atoms. The Kier molecular flexibility index (Phi) is 7.24. The second-order valence-electron chi connectivity index (χ2n) is 5.95. The standard InChI is InChI=1S/C19H21FN2O5S/c1-13(18(23)22-11-10-14-6-8-16(20)9-7-14)27-19(24)15-4-3-5-17(12-15)28(25,26)21-2/h3-9,12-13,21H,10-11H2,1-2H3,(H,22,23)/t13-/m1/s1. The fourth-order valence-corrected chi connectivity index (χ4v) is 3.09. The molecule has 0 heterocycles. The van der Waals surface area contributed by atoms with Gasteiger partial charge in [0.2, 0.25) is 10.0 Å². The Bertz CT molecular complexity index is 945. The lowest BCUT2D eigenvalue weighted by atomic mass is 10.1. The number of rotatable bonds is 8. The zero-order valence-electron chi connectivity index (χ0n) is 15.4. The van der Waals surface area contributed by atoms with Gasteiger partial charge >= 0.3 is 5.97 Å². The van der Waals surface area contributed by atoms with Crippen molar-refractivity contribution in [1.82, 2.24) is 10.0 Å². The highest BCUT2D eigenvalue weighted by Crippen LogP contribution is 2.13. The van der Waals surface area contributed by atoms with Gasteiger partial charge in [-0.15, -0.1) is 0 Å². The summed E-state index contributed by atoms with van der Waals surface area (Å²) >= 11 is 0. The first kappa shape index (κ1) is 21.5. The van der Waals surface area contributed by atoms with Crippen LogP contribution in [-0.2, 0) is 26.0 Å². The molecule has 0 unspecified atom stereocenters. The van der Waals surface area contributed by atoms with Crippen molar-refractivity contribution in [1.29, 1.82) is 0 Å². The number of hydrogen-bond donors (Lipinski definition) is 2. The molecular formula is C19H21FN2O5S. The zero-order chi connectivity index (χ0) is 20.7. The van der Waals surface area contributed by atoms with E-state index < -0.39 is 28.0 Å². The maximum atomic E-state index is 12.9. The van der Waals surface area contributed by atoms with Crippen LogP contribution >= 0.6 is 0 Å². The molecule has 0 spiro atoms. The summed E-state index contributed by atoms with van der Waals surface area (Å²) in [5.74, 6) is -1.64. The van der Waals surface area contributed by atoms with Gasteiger partial charge in [0.05, 0.1) is 10.5 Å². The molecule has 0 aromatic heterocycles. The fraction of sp³-hybridized carbons (Fsp3) is 0.263. The molecule has 0 saturated carbocycles. The Morgan fingerprint density at radius 1 is 1.14 bits per heavy atom. The highest BCUT2D eigenvalue weighted by atomic mass is 32.2. The Labute approximate surface area is 163 Å². The molecule has 0 fully saturated rings. The third kappa shape index (κ3) is 5.86. The molecule has 0 saturated heterocycles. The van der Waals surface area contributed by atoms with E-state index >= 15 is 0 Å². The number of amides is 1. The first-order chi connectivity index (χ1) is 13.2. The second-order valence-corrected chi connectivity index (χ2v) is 7.84. The lowest BCUT2D eigenvalue weighted by Crippen LogP contribution is -2.36. The third-order valence-corrected chi connectivity index (χ3v) is 5.34. The molecule has 1 atom stereocenters. The maximum absolute atomic E-state index is 12.9. The Hall–Kier alpha value is -2.78. The molecule has 0 aliphatic rings. The predicted molar refractivity (Wildman–Crippen MR) is 101 cm³/mol. The minimum atomic E-state index is -3.70. The third-order valence-electron chi connectivity index (χ3n) is 3.93. The summed E-state index contributed by atoms with van der Waals surface area (Å²) in [5, 5.41) is 2.63. The smallest absolute Gasteiger partial charge is 0.338 e. The van der Waals surface area contributed by atoms with E-state index in [9.17, 15) is 22.4 Å². The van der Waals surface area contributed by atoms with Crippen LogP contribution in [0.1, 0.15) is 22.8 Å². The van der Waals surface area contributed by atoms with Gasteiger partial charge in [0.25, 0.3) is 5.91 Å². The fourth-order valence-electron chi connectivity index (χ4n) is 2.32. The number of sulfonamides is 1. The van der Waals surface area contributed by atoms with Gasteiger partial charge < -0.3 is 10.1 Å². The number of carbonyl (C=O) groups excluding carboxylic acids is 2. The lowest BCUT2D eigenvalue weighted by Gasteiger charge is -2.14. The summed E-state index contributed by atoms with van der Waals surface area (Å²) in [7, 11) is -2.44. The Morgan fingerprint density at radius 3 is 2.46 bits per heavy atom. The van der Waals surface area contributed by atoms with Crippen molar-refractivity contribution >= 4 is 21.9 Å². The van der Waals surface area contributed by atoms with Crippen LogP contribution in [0.5, 0.6) is 0 Å². The number of nitrogens with one attached hydrogen (secondary N) is 2. The molecule has 1 amide bonds. The molecule has 0 aliphatic heterocycles. The van der Waals surface area contributed by atoms with Gasteiger partial charge in [-0.2, -0.15) is 0 Å². The van der Waals surface area contributed by atoms with Crippen LogP contribution in [0.25, 0.3) is 0 Å². The van der Waals surface area contributed by atoms with E-state index in [4.69, 9.17) is 4.74 Å². The average Bonchev–Trinajstić information content (AvgIpc) is 2.69. The van der Waals surface area contributed by atoms with Crippen LogP contribution in [0.3, 0.4) is 0 Å². The van der Waals surface area contributed by atoms with Crippen molar-refractivity contribution in [3.63, 3.8) is 0 Å². The van der Waals surface area contributed by atoms with Crippen LogP contribution in [0.15, 0.2) is 53.4 Å². The number of esters is 1. The summed E-state index contributed by atoms with van der Waals surface area (Å²) in [5.41, 5.74) is 0.871. The first-order valence-electron chi connectivity index (χ1n) is 8.49. The van der Waals surface area contributed by atoms with Crippen LogP contribution < -0.4 is 10.0 Å². The van der Waals surface area contributed by atoms with E-state index in [2.05, 4.69) is 10.0 Å². The van der Waals surface area contributed by atoms with Crippen molar-refractivity contribution in [2.75, 3.05) is 13.6 Å². The monoisotopic (exact) mass is 408 g/mol. The van der Waals surface area contributed by atoms with E-state index in [0.29, 0.717) is 13.0 Å². The molecule has 150 valence electrons. The van der Waals surface area contributed by atoms with Gasteiger partial charge in [-0.1, -0.05) is 18.2 Å². The highest BCUT2D eigenvalue weighted by Gasteiger charge is 2.20. The van der Waals surface area contributed by atoms with Crippen molar-refractivity contribution in [2.24, 2.45) is 0 Å². The Balaban J connectivity index is 1.90. The zero-order valence-corrected chi connectivity index (χ0v) is 16.3. The van der Waals surface area contributed by atoms with Crippen molar-refractivity contribution in [3.05, 3.63) is 65.5 Å². The van der Waals surface area contributed by atoms with Crippen molar-refractivity contribution in [2.45, 2.75) is 24.3 Å². The summed E-state index contributed by atoms with van der Waals surface area (Å²) in [6.45, 7) is 1.71. The molecule has 2 N–H and O–H groups in total. The van der Waals surface area contributed by atoms with Gasteiger partial charge in [-0.05, 0) is 56.3 Å². The van der Waals surface area contributed by atoms with Gasteiger partial charge in [0.1, 0.15) is 5.82 Å². The van der Waals surface area contributed by atoms with E-state index in [1.807, 2.05) is 0 Å². The van der Waals surface area contributed by atoms with E-state index in [1.165, 1.54) is 50.4 Å². The summed E-state index contributed by atoms with van der Waals surface area (Å²) in [6, 6.07) is 11.2. The van der Waals surface area contributed by atoms with Gasteiger partial charge in [0, 0.05) is 6.54 Å². The molecule has 2 aromatic carbocycles. The quantitative estimate of drug-likeness (QED) is 0.647. The molecule has 7 nitrogen and oxygen atoms in total. The average molecular weight is 408 g/mol. The van der Waals surface area contributed by atoms with Gasteiger partial charge in [0.15, 0.2) is 6.10 Å². The van der Waals surface area contributed by atoms with Crippen LogP contribution in [0.2, 0.25) is 0 Å². The van der Waals surface area contributed by atoms with E-state index in [-0.39, 0.29) is 16.3 Å². The number of benzene rings is 2. The number of carbonyl (C=O) groups is 2. The number of halogens is 1. The molecule has 2 aromatic rings. The SMILES string of the molecule is CNS(=O)(=O)c1cccc(C(=O)O[C@H](C)C(=O)NCCc2ccc(F)cc2)c1.